The molecule has 0 saturated heterocycles. The zero-order valence-corrected chi connectivity index (χ0v) is 18.4. The van der Waals surface area contributed by atoms with Gasteiger partial charge in [0.1, 0.15) is 9.71 Å². The van der Waals surface area contributed by atoms with Crippen LogP contribution in [-0.4, -0.2) is 39.9 Å². The fourth-order valence-electron chi connectivity index (χ4n) is 3.79. The molecule has 0 saturated carbocycles. The van der Waals surface area contributed by atoms with Crippen molar-refractivity contribution in [2.24, 2.45) is 7.05 Å². The molecule has 0 N–H and O–H groups in total. The lowest BCUT2D eigenvalue weighted by molar-refractivity contribution is -0.116. The number of aromatic nitrogens is 2. The van der Waals surface area contributed by atoms with Gasteiger partial charge in [0, 0.05) is 31.8 Å². The first-order valence-electron chi connectivity index (χ1n) is 9.80. The van der Waals surface area contributed by atoms with Crippen LogP contribution in [0.1, 0.15) is 45.0 Å². The number of carbonyl (C=O) groups excluding carboxylic acids is 3. The number of rotatable bonds is 4. The summed E-state index contributed by atoms with van der Waals surface area (Å²) in [5, 5.41) is 0.384. The van der Waals surface area contributed by atoms with Crippen molar-refractivity contribution >= 4 is 44.9 Å². The van der Waals surface area contributed by atoms with E-state index in [1.54, 1.807) is 37.1 Å². The Hall–Kier alpha value is -3.33. The number of amides is 1. The first-order chi connectivity index (χ1) is 14.7. The van der Waals surface area contributed by atoms with E-state index in [9.17, 15) is 19.2 Å². The van der Waals surface area contributed by atoms with Crippen molar-refractivity contribution < 1.29 is 19.1 Å². The maximum Gasteiger partial charge on any atom is 0.349 e. The number of Topliss-reactive ketones (excluding diaryl/α,β-unsaturated/α-hetero) is 1. The zero-order valence-electron chi connectivity index (χ0n) is 17.6. The second kappa shape index (κ2) is 7.73. The Morgan fingerprint density at radius 3 is 2.71 bits per heavy atom. The Morgan fingerprint density at radius 1 is 1.26 bits per heavy atom. The largest absolute Gasteiger partial charge is 0.450 e. The summed E-state index contributed by atoms with van der Waals surface area (Å²) in [6.07, 6.45) is 1.08. The van der Waals surface area contributed by atoms with Crippen LogP contribution in [0.2, 0.25) is 0 Å². The molecule has 1 atom stereocenters. The highest BCUT2D eigenvalue weighted by atomic mass is 32.1. The quantitative estimate of drug-likeness (QED) is 0.458. The number of fused-ring (bicyclic) bond motifs is 2. The van der Waals surface area contributed by atoms with Crippen LogP contribution < -0.4 is 10.5 Å². The molecule has 1 aliphatic heterocycles. The molecule has 0 spiro atoms. The lowest BCUT2D eigenvalue weighted by Gasteiger charge is -2.16. The van der Waals surface area contributed by atoms with E-state index in [4.69, 9.17) is 4.74 Å². The molecular weight excluding hydrogens is 418 g/mol. The van der Waals surface area contributed by atoms with E-state index in [2.05, 4.69) is 4.98 Å². The van der Waals surface area contributed by atoms with Gasteiger partial charge in [0.25, 0.3) is 5.56 Å². The van der Waals surface area contributed by atoms with Gasteiger partial charge in [-0.25, -0.2) is 9.78 Å². The summed E-state index contributed by atoms with van der Waals surface area (Å²) in [6.45, 7) is 5.30. The molecular formula is C22H21N3O5S. The fourth-order valence-corrected chi connectivity index (χ4v) is 4.81. The number of ketones is 1. The minimum absolute atomic E-state index is 0.0388. The Morgan fingerprint density at radius 2 is 2.00 bits per heavy atom. The average Bonchev–Trinajstić information content (AvgIpc) is 3.31. The normalized spacial score (nSPS) is 13.9. The standard InChI is InChI=1S/C22H21N3O5S/c1-11-17-20(23-10-24(4)21(17)28)31-19(11)22(29)30-12(2)18(27)15-5-6-16-14(9-15)7-8-25(16)13(3)26/h5-6,9-10,12H,7-8H2,1-4H3. The van der Waals surface area contributed by atoms with E-state index in [0.717, 1.165) is 22.6 Å². The molecule has 1 amide bonds. The number of anilines is 1. The fraction of sp³-hybridized carbons (Fsp3) is 0.318. The van der Waals surface area contributed by atoms with Gasteiger partial charge >= 0.3 is 5.97 Å². The van der Waals surface area contributed by atoms with Gasteiger partial charge in [-0.15, -0.1) is 11.3 Å². The molecule has 0 bridgehead atoms. The van der Waals surface area contributed by atoms with Gasteiger partial charge in [-0.05, 0) is 49.6 Å². The van der Waals surface area contributed by atoms with Crippen LogP contribution in [0.25, 0.3) is 10.2 Å². The number of aryl methyl sites for hydroxylation is 2. The maximum absolute atomic E-state index is 12.9. The second-order valence-electron chi connectivity index (χ2n) is 7.57. The number of benzene rings is 1. The van der Waals surface area contributed by atoms with Gasteiger partial charge in [-0.2, -0.15) is 0 Å². The van der Waals surface area contributed by atoms with Crippen LogP contribution >= 0.6 is 11.3 Å². The number of thiophene rings is 1. The molecule has 1 unspecified atom stereocenters. The third-order valence-electron chi connectivity index (χ3n) is 5.49. The number of hydrogen-bond donors (Lipinski definition) is 0. The summed E-state index contributed by atoms with van der Waals surface area (Å²) in [4.78, 5) is 56.3. The van der Waals surface area contributed by atoms with Crippen LogP contribution in [0.5, 0.6) is 0 Å². The predicted molar refractivity (Wildman–Crippen MR) is 117 cm³/mol. The highest BCUT2D eigenvalue weighted by Crippen LogP contribution is 2.30. The molecule has 0 aliphatic carbocycles. The number of carbonyl (C=O) groups is 3. The molecule has 31 heavy (non-hydrogen) atoms. The first-order valence-corrected chi connectivity index (χ1v) is 10.6. The van der Waals surface area contributed by atoms with Crippen molar-refractivity contribution in [3.05, 3.63) is 56.4 Å². The summed E-state index contributed by atoms with van der Waals surface area (Å²) in [5.74, 6) is -1.03. The third kappa shape index (κ3) is 3.54. The van der Waals surface area contributed by atoms with Gasteiger partial charge in [0.15, 0.2) is 6.10 Å². The SMILES string of the molecule is CC(=O)N1CCc2cc(C(=O)C(C)OC(=O)c3sc4ncn(C)c(=O)c4c3C)ccc21. The van der Waals surface area contributed by atoms with Crippen LogP contribution in [-0.2, 0) is 23.0 Å². The molecule has 8 nitrogen and oxygen atoms in total. The van der Waals surface area contributed by atoms with Gasteiger partial charge in [0.2, 0.25) is 11.7 Å². The van der Waals surface area contributed by atoms with Crippen LogP contribution in [0, 0.1) is 6.92 Å². The highest BCUT2D eigenvalue weighted by molar-refractivity contribution is 7.20. The minimum Gasteiger partial charge on any atom is -0.450 e. The predicted octanol–water partition coefficient (Wildman–Crippen LogP) is 2.64. The smallest absolute Gasteiger partial charge is 0.349 e. The Bertz CT molecular complexity index is 1310. The minimum atomic E-state index is -1.00. The molecule has 9 heteroatoms. The van der Waals surface area contributed by atoms with E-state index >= 15 is 0 Å². The second-order valence-corrected chi connectivity index (χ2v) is 8.57. The first kappa shape index (κ1) is 20.9. The number of esters is 1. The molecule has 2 aromatic heterocycles. The highest BCUT2D eigenvalue weighted by Gasteiger charge is 2.27. The van der Waals surface area contributed by atoms with Crippen molar-refractivity contribution in [3.63, 3.8) is 0 Å². The maximum atomic E-state index is 12.9. The van der Waals surface area contributed by atoms with Crippen molar-refractivity contribution in [3.8, 4) is 0 Å². The molecule has 0 radical (unpaired) electrons. The van der Waals surface area contributed by atoms with Crippen molar-refractivity contribution in [1.29, 1.82) is 0 Å². The average molecular weight is 439 g/mol. The monoisotopic (exact) mass is 439 g/mol. The topological polar surface area (TPSA) is 98.6 Å². The number of ether oxygens (including phenoxy) is 1. The summed E-state index contributed by atoms with van der Waals surface area (Å²) in [7, 11) is 1.59. The number of nitrogens with zero attached hydrogens (tertiary/aromatic N) is 3. The molecule has 3 aromatic rings. The Labute approximate surface area is 182 Å². The van der Waals surface area contributed by atoms with Gasteiger partial charge in [-0.3, -0.25) is 14.4 Å². The lowest BCUT2D eigenvalue weighted by atomic mass is 10.0. The van der Waals surface area contributed by atoms with Gasteiger partial charge < -0.3 is 14.2 Å². The van der Waals surface area contributed by atoms with E-state index in [-0.39, 0.29) is 22.1 Å². The Kier molecular flexibility index (Phi) is 5.22. The van der Waals surface area contributed by atoms with Crippen molar-refractivity contribution in [1.82, 2.24) is 9.55 Å². The van der Waals surface area contributed by atoms with Crippen molar-refractivity contribution in [2.75, 3.05) is 11.4 Å². The summed E-state index contributed by atoms with van der Waals surface area (Å²) >= 11 is 1.08. The summed E-state index contributed by atoms with van der Waals surface area (Å²) < 4.78 is 6.78. The van der Waals surface area contributed by atoms with Gasteiger partial charge in [0.05, 0.1) is 11.7 Å². The summed E-state index contributed by atoms with van der Waals surface area (Å²) in [5.41, 5.74) is 2.42. The van der Waals surface area contributed by atoms with Crippen molar-refractivity contribution in [2.45, 2.75) is 33.3 Å². The summed E-state index contributed by atoms with van der Waals surface area (Å²) in [6, 6.07) is 5.15. The Balaban J connectivity index is 1.55. The zero-order chi connectivity index (χ0) is 22.4. The van der Waals surface area contributed by atoms with Crippen LogP contribution in [0.4, 0.5) is 5.69 Å². The van der Waals surface area contributed by atoms with Gasteiger partial charge in [-0.1, -0.05) is 0 Å². The molecule has 3 heterocycles. The number of hydrogen-bond acceptors (Lipinski definition) is 7. The third-order valence-corrected chi connectivity index (χ3v) is 6.67. The van der Waals surface area contributed by atoms with E-state index < -0.39 is 12.1 Å². The molecule has 4 rings (SSSR count). The van der Waals surface area contributed by atoms with Crippen LogP contribution in [0.15, 0.2) is 29.3 Å². The molecule has 0 fully saturated rings. The van der Waals surface area contributed by atoms with E-state index in [1.165, 1.54) is 24.7 Å². The molecule has 1 aliphatic rings. The van der Waals surface area contributed by atoms with Crippen LogP contribution in [0.3, 0.4) is 0 Å². The van der Waals surface area contributed by atoms with E-state index in [0.29, 0.717) is 34.3 Å². The molecule has 1 aromatic carbocycles. The molecule has 160 valence electrons. The van der Waals surface area contributed by atoms with E-state index in [1.807, 2.05) is 0 Å². The lowest BCUT2D eigenvalue weighted by Crippen LogP contribution is -2.26.